The summed E-state index contributed by atoms with van der Waals surface area (Å²) in [4.78, 5) is 9.17. The van der Waals surface area contributed by atoms with Gasteiger partial charge in [0.1, 0.15) is 0 Å². The van der Waals surface area contributed by atoms with Crippen molar-refractivity contribution in [2.45, 2.75) is 50.5 Å². The van der Waals surface area contributed by atoms with Crippen molar-refractivity contribution in [3.8, 4) is 0 Å². The maximum absolute atomic E-state index is 6.12. The van der Waals surface area contributed by atoms with E-state index in [1.807, 2.05) is 0 Å². The third-order valence-corrected chi connectivity index (χ3v) is 4.44. The van der Waals surface area contributed by atoms with E-state index in [-0.39, 0.29) is 5.54 Å². The molecule has 0 amide bonds. The van der Waals surface area contributed by atoms with Gasteiger partial charge in [0.15, 0.2) is 5.96 Å². The van der Waals surface area contributed by atoms with Crippen molar-refractivity contribution >= 4 is 5.96 Å². The first-order valence-electron chi connectivity index (χ1n) is 7.36. The fourth-order valence-electron chi connectivity index (χ4n) is 3.29. The Labute approximate surface area is 111 Å². The molecule has 4 heteroatoms. The van der Waals surface area contributed by atoms with Crippen LogP contribution < -0.4 is 5.73 Å². The van der Waals surface area contributed by atoms with Gasteiger partial charge in [0.25, 0.3) is 0 Å². The second-order valence-electron chi connectivity index (χ2n) is 6.12. The first-order chi connectivity index (χ1) is 8.64. The summed E-state index contributed by atoms with van der Waals surface area (Å²) in [6.07, 6.45) is 9.37. The molecule has 2 N–H and O–H groups in total. The maximum atomic E-state index is 6.12. The molecule has 18 heavy (non-hydrogen) atoms. The van der Waals surface area contributed by atoms with Crippen molar-refractivity contribution in [1.82, 2.24) is 9.80 Å². The predicted molar refractivity (Wildman–Crippen MR) is 76.8 cm³/mol. The Kier molecular flexibility index (Phi) is 4.49. The Hall–Kier alpha value is -0.770. The summed E-state index contributed by atoms with van der Waals surface area (Å²) < 4.78 is 0. The molecule has 2 rings (SSSR count). The van der Waals surface area contributed by atoms with Crippen LogP contribution in [0.25, 0.3) is 0 Å². The first-order valence-corrected chi connectivity index (χ1v) is 7.36. The lowest BCUT2D eigenvalue weighted by molar-refractivity contribution is 0.146. The average Bonchev–Trinajstić information content (AvgIpc) is 2.59. The molecule has 0 atom stereocenters. The lowest BCUT2D eigenvalue weighted by Crippen LogP contribution is -2.53. The minimum Gasteiger partial charge on any atom is -0.370 e. The van der Waals surface area contributed by atoms with Crippen LogP contribution in [0, 0.1) is 0 Å². The monoisotopic (exact) mass is 252 g/mol. The van der Waals surface area contributed by atoms with Crippen LogP contribution in [0.2, 0.25) is 0 Å². The second-order valence-corrected chi connectivity index (χ2v) is 6.12. The summed E-state index contributed by atoms with van der Waals surface area (Å²) in [6, 6.07) is 0. The Balaban J connectivity index is 2.03. The van der Waals surface area contributed by atoms with Gasteiger partial charge in [-0.1, -0.05) is 32.1 Å². The molecule has 1 heterocycles. The van der Waals surface area contributed by atoms with Gasteiger partial charge < -0.3 is 15.5 Å². The Bertz CT molecular complexity index is 290. The highest BCUT2D eigenvalue weighted by molar-refractivity contribution is 5.81. The third kappa shape index (κ3) is 2.97. The van der Waals surface area contributed by atoms with Crippen LogP contribution >= 0.6 is 0 Å². The molecule has 1 saturated carbocycles. The van der Waals surface area contributed by atoms with Gasteiger partial charge in [-0.05, 0) is 26.9 Å². The van der Waals surface area contributed by atoms with E-state index in [1.165, 1.54) is 44.9 Å². The molecule has 1 spiro atoms. The number of likely N-dealkylation sites (N-methyl/N-ethyl adjacent to an activating group) is 1. The van der Waals surface area contributed by atoms with Crippen molar-refractivity contribution in [3.05, 3.63) is 0 Å². The Morgan fingerprint density at radius 2 is 1.78 bits per heavy atom. The van der Waals surface area contributed by atoms with E-state index in [0.29, 0.717) is 0 Å². The van der Waals surface area contributed by atoms with Crippen LogP contribution in [-0.2, 0) is 0 Å². The van der Waals surface area contributed by atoms with E-state index in [2.05, 4.69) is 28.9 Å². The molecule has 0 unspecified atom stereocenters. The number of rotatable bonds is 3. The largest absolute Gasteiger partial charge is 0.370 e. The molecule has 0 saturated heterocycles. The molecule has 0 aromatic rings. The molecular weight excluding hydrogens is 224 g/mol. The summed E-state index contributed by atoms with van der Waals surface area (Å²) in [7, 11) is 4.24. The molecule has 1 fully saturated rings. The predicted octanol–water partition coefficient (Wildman–Crippen LogP) is 1.66. The molecule has 0 radical (unpaired) electrons. The number of nitrogens with zero attached hydrogens (tertiary/aromatic N) is 3. The van der Waals surface area contributed by atoms with Crippen LogP contribution in [0.1, 0.15) is 44.9 Å². The number of guanidine groups is 1. The molecular formula is C14H28N4. The highest BCUT2D eigenvalue weighted by atomic mass is 15.4. The van der Waals surface area contributed by atoms with E-state index in [4.69, 9.17) is 5.73 Å². The average molecular weight is 252 g/mol. The molecule has 2 aliphatic rings. The smallest absolute Gasteiger partial charge is 0.191 e. The van der Waals surface area contributed by atoms with Crippen molar-refractivity contribution < 1.29 is 0 Å². The number of hydrogen-bond acceptors (Lipinski definition) is 4. The van der Waals surface area contributed by atoms with Gasteiger partial charge in [-0.15, -0.1) is 0 Å². The van der Waals surface area contributed by atoms with Crippen molar-refractivity contribution in [2.75, 3.05) is 33.7 Å². The lowest BCUT2D eigenvalue weighted by atomic mass is 9.83. The van der Waals surface area contributed by atoms with Gasteiger partial charge in [-0.3, -0.25) is 4.99 Å². The van der Waals surface area contributed by atoms with Gasteiger partial charge >= 0.3 is 0 Å². The standard InChI is InChI=1S/C14H28N4/c1-17(2)10-11-18-13(15)16-12-14(18)8-6-4-3-5-7-9-14/h3-12H2,1-2H3,(H2,15,16). The summed E-state index contributed by atoms with van der Waals surface area (Å²) in [6.45, 7) is 2.99. The summed E-state index contributed by atoms with van der Waals surface area (Å²) in [5, 5.41) is 0. The van der Waals surface area contributed by atoms with Gasteiger partial charge in [-0.2, -0.15) is 0 Å². The highest BCUT2D eigenvalue weighted by Crippen LogP contribution is 2.34. The molecule has 4 nitrogen and oxygen atoms in total. The maximum Gasteiger partial charge on any atom is 0.191 e. The molecule has 0 bridgehead atoms. The highest BCUT2D eigenvalue weighted by Gasteiger charge is 2.41. The molecule has 1 aliphatic heterocycles. The summed E-state index contributed by atoms with van der Waals surface area (Å²) >= 11 is 0. The number of nitrogens with two attached hydrogens (primary N) is 1. The first kappa shape index (κ1) is 13.7. The Morgan fingerprint density at radius 1 is 1.17 bits per heavy atom. The van der Waals surface area contributed by atoms with Gasteiger partial charge in [-0.25, -0.2) is 0 Å². The zero-order chi connectivity index (χ0) is 13.0. The summed E-state index contributed by atoms with van der Waals surface area (Å²) in [5.41, 5.74) is 6.37. The minimum absolute atomic E-state index is 0.251. The van der Waals surface area contributed by atoms with E-state index < -0.39 is 0 Å². The molecule has 104 valence electrons. The van der Waals surface area contributed by atoms with Crippen LogP contribution in [0.3, 0.4) is 0 Å². The van der Waals surface area contributed by atoms with Gasteiger partial charge in [0.05, 0.1) is 12.1 Å². The Morgan fingerprint density at radius 3 is 2.39 bits per heavy atom. The number of aliphatic imine (C=N–C) groups is 1. The second kappa shape index (κ2) is 5.91. The van der Waals surface area contributed by atoms with Crippen LogP contribution in [0.4, 0.5) is 0 Å². The van der Waals surface area contributed by atoms with Gasteiger partial charge in [0.2, 0.25) is 0 Å². The van der Waals surface area contributed by atoms with Crippen LogP contribution in [0.15, 0.2) is 4.99 Å². The van der Waals surface area contributed by atoms with Crippen molar-refractivity contribution in [1.29, 1.82) is 0 Å². The normalized spacial score (nSPS) is 24.2. The summed E-state index contributed by atoms with van der Waals surface area (Å²) in [5.74, 6) is 0.775. The zero-order valence-corrected chi connectivity index (χ0v) is 12.0. The molecule has 0 aromatic heterocycles. The van der Waals surface area contributed by atoms with E-state index in [0.717, 1.165) is 25.6 Å². The molecule has 1 aliphatic carbocycles. The molecule has 0 aromatic carbocycles. The van der Waals surface area contributed by atoms with E-state index >= 15 is 0 Å². The van der Waals surface area contributed by atoms with E-state index in [9.17, 15) is 0 Å². The number of hydrogen-bond donors (Lipinski definition) is 1. The SMILES string of the molecule is CN(C)CCN1C(N)=NCC12CCCCCCC2. The minimum atomic E-state index is 0.251. The van der Waals surface area contributed by atoms with Crippen LogP contribution in [0.5, 0.6) is 0 Å². The van der Waals surface area contributed by atoms with E-state index in [1.54, 1.807) is 0 Å². The zero-order valence-electron chi connectivity index (χ0n) is 12.0. The fraction of sp³-hybridized carbons (Fsp3) is 0.929. The van der Waals surface area contributed by atoms with Crippen molar-refractivity contribution in [3.63, 3.8) is 0 Å². The fourth-order valence-corrected chi connectivity index (χ4v) is 3.29. The van der Waals surface area contributed by atoms with Crippen LogP contribution in [-0.4, -0.2) is 55.0 Å². The topological polar surface area (TPSA) is 44.9 Å². The lowest BCUT2D eigenvalue weighted by Gasteiger charge is -2.41. The quantitative estimate of drug-likeness (QED) is 0.831. The van der Waals surface area contributed by atoms with Crippen molar-refractivity contribution in [2.24, 2.45) is 10.7 Å². The third-order valence-electron chi connectivity index (χ3n) is 4.44. The van der Waals surface area contributed by atoms with Gasteiger partial charge in [0, 0.05) is 13.1 Å².